The molecular weight excluding hydrogens is 474 g/mol. The maximum absolute atomic E-state index is 6.06. The summed E-state index contributed by atoms with van der Waals surface area (Å²) in [7, 11) is 1.74. The highest BCUT2D eigenvalue weighted by Gasteiger charge is 2.78. The number of rotatable bonds is 2. The van der Waals surface area contributed by atoms with Crippen LogP contribution in [0, 0.1) is 0 Å². The molecule has 4 heterocycles. The summed E-state index contributed by atoms with van der Waals surface area (Å²) in [6, 6.07) is 8.33. The maximum Gasteiger partial charge on any atom is 0.198 e. The van der Waals surface area contributed by atoms with Crippen molar-refractivity contribution < 1.29 is 4.74 Å². The lowest BCUT2D eigenvalue weighted by atomic mass is 10.1. The van der Waals surface area contributed by atoms with Crippen molar-refractivity contribution in [2.45, 2.75) is 4.08 Å². The van der Waals surface area contributed by atoms with Gasteiger partial charge in [0.1, 0.15) is 16.8 Å². The molecule has 0 saturated carbocycles. The van der Waals surface area contributed by atoms with E-state index in [4.69, 9.17) is 41.5 Å². The Labute approximate surface area is 161 Å². The minimum Gasteiger partial charge on any atom is -0.525 e. The molecule has 5 rings (SSSR count). The zero-order chi connectivity index (χ0) is 14.9. The van der Waals surface area contributed by atoms with E-state index in [0.717, 1.165) is 11.9 Å². The third kappa shape index (κ3) is 3.05. The van der Waals surface area contributed by atoms with E-state index in [-0.39, 0.29) is 4.08 Å². The lowest BCUT2D eigenvalue weighted by Gasteiger charge is -2.57. The van der Waals surface area contributed by atoms with Crippen molar-refractivity contribution in [1.29, 1.82) is 0 Å². The number of methoxy groups -OCH3 is 1. The zero-order valence-electron chi connectivity index (χ0n) is 10.5. The summed E-state index contributed by atoms with van der Waals surface area (Å²) in [4.78, 5) is -1.52. The topological polar surface area (TPSA) is 9.23 Å². The van der Waals surface area contributed by atoms with E-state index in [0.29, 0.717) is 0 Å². The molecule has 0 N–H and O–H groups in total. The van der Waals surface area contributed by atoms with Crippen molar-refractivity contribution in [3.63, 3.8) is 0 Å². The minimum atomic E-state index is -1.59. The molecule has 12 heteroatoms. The van der Waals surface area contributed by atoms with Crippen LogP contribution in [0.15, 0.2) is 24.3 Å². The van der Waals surface area contributed by atoms with E-state index >= 15 is 0 Å². The molecule has 2 unspecified atom stereocenters. The van der Waals surface area contributed by atoms with E-state index in [1.54, 1.807) is 7.11 Å². The fourth-order valence-electron chi connectivity index (χ4n) is 2.43. The lowest BCUT2D eigenvalue weighted by molar-refractivity contribution is 0.409. The third-order valence-corrected chi connectivity index (χ3v) is 61.5. The van der Waals surface area contributed by atoms with Crippen LogP contribution in [-0.4, -0.2) is 13.3 Å². The molecule has 1 aromatic rings. The van der Waals surface area contributed by atoms with Crippen LogP contribution in [0.25, 0.3) is 0 Å². The first-order chi connectivity index (χ1) is 9.80. The number of para-hydroxylation sites is 1. The number of ether oxygens (including phenoxy) is 1. The molecule has 1 nitrogen and oxygen atoms in total. The molecule has 21 heavy (non-hydrogen) atoms. The van der Waals surface area contributed by atoms with Gasteiger partial charge in [0, 0.05) is 5.56 Å². The Morgan fingerprint density at radius 3 is 2.24 bits per heavy atom. The van der Waals surface area contributed by atoms with Crippen molar-refractivity contribution in [3.05, 3.63) is 29.8 Å². The summed E-state index contributed by atoms with van der Waals surface area (Å²) in [5, 5.41) is 0. The van der Waals surface area contributed by atoms with Crippen LogP contribution >= 0.6 is 68.8 Å². The fourth-order valence-corrected chi connectivity index (χ4v) is 124. The highest BCUT2D eigenvalue weighted by atomic mass is 34.0. The molecule has 4 saturated heterocycles. The molecular formula is C9H9OP3S8. The quantitative estimate of drug-likeness (QED) is 0.314. The largest absolute Gasteiger partial charge is 0.525 e. The molecule has 4 bridgehead atoms. The molecule has 114 valence electrons. The second-order valence-corrected chi connectivity index (χ2v) is 46.5. The number of hydrogen-bond donors (Lipinski definition) is 0. The van der Waals surface area contributed by atoms with Gasteiger partial charge in [-0.3, -0.25) is 0 Å². The second kappa shape index (κ2) is 5.81. The van der Waals surface area contributed by atoms with Gasteiger partial charge in [0.05, 0.1) is 29.9 Å². The zero-order valence-corrected chi connectivity index (χ0v) is 19.7. The van der Waals surface area contributed by atoms with Crippen molar-refractivity contribution in [2.24, 2.45) is 0 Å². The Morgan fingerprint density at radius 2 is 1.67 bits per heavy atom. The smallest absolute Gasteiger partial charge is 0.198 e. The van der Waals surface area contributed by atoms with Crippen LogP contribution in [0.5, 0.6) is 5.75 Å². The van der Waals surface area contributed by atoms with Gasteiger partial charge in [-0.05, 0) is 6.07 Å². The van der Waals surface area contributed by atoms with Crippen molar-refractivity contribution >= 4 is 106 Å². The summed E-state index contributed by atoms with van der Waals surface area (Å²) >= 11 is 28.0. The lowest BCUT2D eigenvalue weighted by Crippen LogP contribution is -2.29. The molecule has 4 fully saturated rings. The number of benzene rings is 1. The van der Waals surface area contributed by atoms with Crippen molar-refractivity contribution in [1.82, 2.24) is 0 Å². The summed E-state index contributed by atoms with van der Waals surface area (Å²) in [5.41, 5.74) is 1.25. The Bertz CT molecular complexity index is 563. The molecule has 0 aliphatic carbocycles. The maximum atomic E-state index is 6.06. The van der Waals surface area contributed by atoms with Crippen LogP contribution in [0.4, 0.5) is 0 Å². The monoisotopic (exact) mass is 482 g/mol. The van der Waals surface area contributed by atoms with Crippen LogP contribution < -0.4 is 4.74 Å². The van der Waals surface area contributed by atoms with Gasteiger partial charge in [-0.2, -0.15) is 0 Å². The van der Waals surface area contributed by atoms with Crippen LogP contribution in [0.2, 0.25) is 0 Å². The first-order valence-electron chi connectivity index (χ1n) is 5.78. The number of hydrogen-bond acceptors (Lipinski definition) is 9. The average Bonchev–Trinajstić information content (AvgIpc) is 2.33. The SMILES string of the molecule is COc1ccccc1C12C[P+]3([S-])S[P+]([S-])(S1)S[P+]([S-])(S2)S3. The Morgan fingerprint density at radius 1 is 1.05 bits per heavy atom. The predicted octanol–water partition coefficient (Wildman–Crippen LogP) is 7.31. The van der Waals surface area contributed by atoms with Gasteiger partial charge in [0.25, 0.3) is 0 Å². The highest BCUT2D eigenvalue weighted by Crippen LogP contribution is 3.26. The Kier molecular flexibility index (Phi) is 4.84. The van der Waals surface area contributed by atoms with Crippen LogP contribution in [0.1, 0.15) is 5.56 Å². The summed E-state index contributed by atoms with van der Waals surface area (Å²) < 4.78 is 2.40. The van der Waals surface area contributed by atoms with E-state index in [1.807, 2.05) is 67.9 Å². The van der Waals surface area contributed by atoms with E-state index in [1.165, 1.54) is 5.56 Å². The predicted molar refractivity (Wildman–Crippen MR) is 120 cm³/mol. The third-order valence-electron chi connectivity index (χ3n) is 3.09. The van der Waals surface area contributed by atoms with Gasteiger partial charge < -0.3 is 41.5 Å². The van der Waals surface area contributed by atoms with E-state index in [9.17, 15) is 0 Å². The van der Waals surface area contributed by atoms with Gasteiger partial charge in [-0.25, -0.2) is 0 Å². The summed E-state index contributed by atoms with van der Waals surface area (Å²) in [6.07, 6.45) is 1.04. The van der Waals surface area contributed by atoms with Crippen molar-refractivity contribution in [2.75, 3.05) is 13.3 Å². The van der Waals surface area contributed by atoms with Gasteiger partial charge in [-0.1, -0.05) is 18.2 Å². The van der Waals surface area contributed by atoms with E-state index in [2.05, 4.69) is 12.1 Å². The minimum absolute atomic E-state index is 0.0467. The summed E-state index contributed by atoms with van der Waals surface area (Å²) in [6.45, 7) is 0. The normalized spacial score (nSPS) is 47.6. The van der Waals surface area contributed by atoms with Gasteiger partial charge >= 0.3 is 0 Å². The first kappa shape index (κ1) is 17.5. The van der Waals surface area contributed by atoms with Gasteiger partial charge in [0.15, 0.2) is 45.2 Å². The fraction of sp³-hybridized carbons (Fsp3) is 0.333. The van der Waals surface area contributed by atoms with E-state index < -0.39 is 13.0 Å². The molecule has 4 aliphatic rings. The van der Waals surface area contributed by atoms with Crippen LogP contribution in [0.3, 0.4) is 0 Å². The molecule has 2 atom stereocenters. The summed E-state index contributed by atoms with van der Waals surface area (Å²) in [5.74, 6) is 0.952. The van der Waals surface area contributed by atoms with Gasteiger partial charge in [-0.15, -0.1) is 0 Å². The van der Waals surface area contributed by atoms with Crippen LogP contribution in [-0.2, 0) is 40.8 Å². The first-order valence-corrected chi connectivity index (χ1v) is 23.3. The standard InChI is InChI=1S/C9H9OP3S8/c1-10-8-5-3-2-4-7(8)9-6-11(14)19-12(15,17-9)21-13(16,18-9)20-11/h2-5H,6H2,1H3. The molecule has 4 aliphatic heterocycles. The molecule has 0 aromatic heterocycles. The average molecular weight is 483 g/mol. The highest BCUT2D eigenvalue weighted by molar-refractivity contribution is 9.71. The molecule has 0 radical (unpaired) electrons. The molecule has 1 aromatic carbocycles. The molecule has 0 spiro atoms. The second-order valence-electron chi connectivity index (χ2n) is 4.54. The van der Waals surface area contributed by atoms with Gasteiger partial charge in [0.2, 0.25) is 0 Å². The van der Waals surface area contributed by atoms with Crippen molar-refractivity contribution in [3.8, 4) is 5.75 Å². The molecule has 0 amide bonds. The Hall–Kier alpha value is 3.11. The Balaban J connectivity index is 1.88.